The normalized spacial score (nSPS) is 21.6. The second-order valence-corrected chi connectivity index (χ2v) is 11.4. The number of nitrogens with zero attached hydrogens (tertiary/aromatic N) is 1. The lowest BCUT2D eigenvalue weighted by molar-refractivity contribution is -0.119. The van der Waals surface area contributed by atoms with E-state index in [-0.39, 0.29) is 17.9 Å². The second kappa shape index (κ2) is 12.5. The van der Waals surface area contributed by atoms with E-state index < -0.39 is 11.0 Å². The Morgan fingerprint density at radius 1 is 1.11 bits per heavy atom. The number of rotatable bonds is 9. The highest BCUT2D eigenvalue weighted by atomic mass is 35.5. The minimum absolute atomic E-state index is 0.0877. The number of anilines is 2. The van der Waals surface area contributed by atoms with Crippen molar-refractivity contribution in [2.45, 2.75) is 45.1 Å². The average Bonchev–Trinajstić information content (AvgIpc) is 3.34. The minimum atomic E-state index is -1.05. The monoisotopic (exact) mass is 538 g/mol. The van der Waals surface area contributed by atoms with Gasteiger partial charge in [0.05, 0.1) is 16.0 Å². The van der Waals surface area contributed by atoms with Crippen molar-refractivity contribution in [2.75, 3.05) is 36.1 Å². The number of amides is 1. The lowest BCUT2D eigenvalue weighted by Crippen LogP contribution is -2.30. The molecule has 2 aromatic rings. The Bertz CT molecular complexity index is 1070. The van der Waals surface area contributed by atoms with Crippen molar-refractivity contribution in [1.82, 2.24) is 9.71 Å². The smallest absolute Gasteiger partial charge is 0.228 e. The van der Waals surface area contributed by atoms with Crippen LogP contribution in [0.2, 0.25) is 10.0 Å². The SMILES string of the molecule is CCS(=O)NC1CCC(C(=O)Nc2cc(-c3cc(NCC4CCOCC4)ccc3Cl)c(Cl)cn2)C1. The highest BCUT2D eigenvalue weighted by Crippen LogP contribution is 2.36. The zero-order valence-electron chi connectivity index (χ0n) is 19.8. The van der Waals surface area contributed by atoms with Crippen LogP contribution in [0.3, 0.4) is 0 Å². The zero-order valence-corrected chi connectivity index (χ0v) is 22.1. The largest absolute Gasteiger partial charge is 0.385 e. The Kier molecular flexibility index (Phi) is 9.41. The van der Waals surface area contributed by atoms with E-state index in [1.165, 1.54) is 6.20 Å². The van der Waals surface area contributed by atoms with Gasteiger partial charge in [-0.05, 0) is 62.3 Å². The summed E-state index contributed by atoms with van der Waals surface area (Å²) in [4.78, 5) is 17.2. The summed E-state index contributed by atoms with van der Waals surface area (Å²) in [6.45, 7) is 4.38. The first-order valence-electron chi connectivity index (χ1n) is 12.2. The number of carbonyl (C=O) groups is 1. The van der Waals surface area contributed by atoms with Gasteiger partial charge in [-0.15, -0.1) is 0 Å². The molecule has 4 rings (SSSR count). The summed E-state index contributed by atoms with van der Waals surface area (Å²) < 4.78 is 20.3. The Morgan fingerprint density at radius 2 is 1.89 bits per heavy atom. The van der Waals surface area contributed by atoms with Crippen LogP contribution in [0.25, 0.3) is 11.1 Å². The van der Waals surface area contributed by atoms with Gasteiger partial charge in [0.25, 0.3) is 0 Å². The first kappa shape index (κ1) is 26.4. The third kappa shape index (κ3) is 7.17. The lowest BCUT2D eigenvalue weighted by atomic mass is 10.00. The van der Waals surface area contributed by atoms with Crippen molar-refractivity contribution >= 4 is 51.6 Å². The molecule has 35 heavy (non-hydrogen) atoms. The maximum absolute atomic E-state index is 12.9. The molecule has 1 saturated heterocycles. The Hall–Kier alpha value is -1.71. The summed E-state index contributed by atoms with van der Waals surface area (Å²) in [6.07, 6.45) is 5.88. The van der Waals surface area contributed by atoms with Gasteiger partial charge in [0, 0.05) is 65.5 Å². The molecule has 0 bridgehead atoms. The molecule has 3 unspecified atom stereocenters. The molecule has 3 N–H and O–H groups in total. The molecular weight excluding hydrogens is 507 g/mol. The van der Waals surface area contributed by atoms with Crippen molar-refractivity contribution in [3.8, 4) is 11.1 Å². The van der Waals surface area contributed by atoms with Gasteiger partial charge in [-0.3, -0.25) is 4.79 Å². The van der Waals surface area contributed by atoms with Gasteiger partial charge >= 0.3 is 0 Å². The zero-order chi connectivity index (χ0) is 24.8. The number of hydrogen-bond acceptors (Lipinski definition) is 5. The molecule has 2 heterocycles. The van der Waals surface area contributed by atoms with Crippen molar-refractivity contribution in [3.63, 3.8) is 0 Å². The van der Waals surface area contributed by atoms with Gasteiger partial charge in [-0.25, -0.2) is 13.9 Å². The minimum Gasteiger partial charge on any atom is -0.385 e. The van der Waals surface area contributed by atoms with E-state index >= 15 is 0 Å². The first-order valence-corrected chi connectivity index (χ1v) is 14.2. The summed E-state index contributed by atoms with van der Waals surface area (Å²) in [5.41, 5.74) is 2.45. The number of pyridine rings is 1. The van der Waals surface area contributed by atoms with E-state index in [0.717, 1.165) is 56.7 Å². The molecule has 1 saturated carbocycles. The highest BCUT2D eigenvalue weighted by Gasteiger charge is 2.31. The number of carbonyl (C=O) groups excluding carboxylic acids is 1. The fourth-order valence-corrected chi connectivity index (χ4v) is 5.77. The molecule has 2 aliphatic rings. The number of halogens is 2. The summed E-state index contributed by atoms with van der Waals surface area (Å²) in [5.74, 6) is 1.33. The van der Waals surface area contributed by atoms with Crippen LogP contribution in [0, 0.1) is 11.8 Å². The molecule has 7 nitrogen and oxygen atoms in total. The van der Waals surface area contributed by atoms with Crippen LogP contribution in [0.4, 0.5) is 11.5 Å². The molecule has 1 aromatic carbocycles. The van der Waals surface area contributed by atoms with E-state index in [1.54, 1.807) is 6.07 Å². The Labute approximate surface area is 219 Å². The number of ether oxygens (including phenoxy) is 1. The summed E-state index contributed by atoms with van der Waals surface area (Å²) >= 11 is 13.0. The number of hydrogen-bond donors (Lipinski definition) is 3. The topological polar surface area (TPSA) is 92.4 Å². The predicted molar refractivity (Wildman–Crippen MR) is 143 cm³/mol. The van der Waals surface area contributed by atoms with Crippen molar-refractivity contribution in [1.29, 1.82) is 0 Å². The van der Waals surface area contributed by atoms with E-state index in [0.29, 0.717) is 39.5 Å². The molecule has 1 aliphatic carbocycles. The number of benzene rings is 1. The molecule has 1 aromatic heterocycles. The van der Waals surface area contributed by atoms with E-state index in [1.807, 2.05) is 25.1 Å². The molecule has 2 fully saturated rings. The van der Waals surface area contributed by atoms with Gasteiger partial charge < -0.3 is 15.4 Å². The Balaban J connectivity index is 1.43. The lowest BCUT2D eigenvalue weighted by Gasteiger charge is -2.23. The van der Waals surface area contributed by atoms with Gasteiger partial charge in [0.1, 0.15) is 5.82 Å². The molecule has 1 aliphatic heterocycles. The molecule has 1 amide bonds. The average molecular weight is 540 g/mol. The van der Waals surface area contributed by atoms with Crippen LogP contribution >= 0.6 is 23.2 Å². The van der Waals surface area contributed by atoms with Crippen LogP contribution in [-0.4, -0.2) is 46.7 Å². The van der Waals surface area contributed by atoms with E-state index in [2.05, 4.69) is 20.3 Å². The van der Waals surface area contributed by atoms with Gasteiger partial charge in [0.15, 0.2) is 0 Å². The highest BCUT2D eigenvalue weighted by molar-refractivity contribution is 7.82. The predicted octanol–water partition coefficient (Wildman–Crippen LogP) is 5.27. The molecule has 3 atom stereocenters. The maximum atomic E-state index is 12.9. The van der Waals surface area contributed by atoms with Crippen LogP contribution in [0.5, 0.6) is 0 Å². The molecule has 10 heteroatoms. The van der Waals surface area contributed by atoms with Crippen molar-refractivity contribution < 1.29 is 13.7 Å². The van der Waals surface area contributed by atoms with Crippen molar-refractivity contribution in [3.05, 3.63) is 40.5 Å². The molecule has 190 valence electrons. The van der Waals surface area contributed by atoms with E-state index in [4.69, 9.17) is 27.9 Å². The Morgan fingerprint density at radius 3 is 2.66 bits per heavy atom. The summed E-state index contributed by atoms with van der Waals surface area (Å²) in [5, 5.41) is 7.46. The van der Waals surface area contributed by atoms with Gasteiger partial charge in [-0.1, -0.05) is 30.1 Å². The fourth-order valence-electron chi connectivity index (χ4n) is 4.59. The van der Waals surface area contributed by atoms with Crippen LogP contribution in [0.15, 0.2) is 30.5 Å². The first-order chi connectivity index (χ1) is 16.9. The van der Waals surface area contributed by atoms with Gasteiger partial charge in [-0.2, -0.15) is 0 Å². The van der Waals surface area contributed by atoms with Crippen LogP contribution < -0.4 is 15.4 Å². The van der Waals surface area contributed by atoms with E-state index in [9.17, 15) is 9.00 Å². The third-order valence-electron chi connectivity index (χ3n) is 6.66. The summed E-state index contributed by atoms with van der Waals surface area (Å²) in [6, 6.07) is 7.65. The van der Waals surface area contributed by atoms with Crippen LogP contribution in [0.1, 0.15) is 39.0 Å². The molecule has 0 radical (unpaired) electrons. The number of aromatic nitrogens is 1. The maximum Gasteiger partial charge on any atom is 0.228 e. The molecular formula is C25H32Cl2N4O3S. The quantitative estimate of drug-likeness (QED) is 0.404. The fraction of sp³-hybridized carbons (Fsp3) is 0.520. The van der Waals surface area contributed by atoms with Crippen LogP contribution in [-0.2, 0) is 20.5 Å². The third-order valence-corrected chi connectivity index (χ3v) is 8.41. The standard InChI is InChI=1S/C25H32Cl2N4O3S/c1-2-35(33)31-19-4-3-17(11-19)25(32)30-24-13-21(23(27)15-29-24)20-12-18(5-6-22(20)26)28-14-16-7-9-34-10-8-16/h5-6,12-13,15-17,19,28,31H,2-4,7-11,14H2,1H3,(H,29,30,32). The number of nitrogens with one attached hydrogen (secondary N) is 3. The summed E-state index contributed by atoms with van der Waals surface area (Å²) in [7, 11) is -1.05. The molecule has 0 spiro atoms. The van der Waals surface area contributed by atoms with Gasteiger partial charge in [0.2, 0.25) is 5.91 Å². The second-order valence-electron chi connectivity index (χ2n) is 9.13. The van der Waals surface area contributed by atoms with Crippen molar-refractivity contribution in [2.24, 2.45) is 11.8 Å².